The molecule has 1 heterocycles. The maximum absolute atomic E-state index is 12.0. The van der Waals surface area contributed by atoms with Gasteiger partial charge >= 0.3 is 12.1 Å². The highest BCUT2D eigenvalue weighted by Crippen LogP contribution is 2.32. The van der Waals surface area contributed by atoms with Gasteiger partial charge in [0.2, 0.25) is 0 Å². The number of pyridine rings is 1. The normalized spacial score (nSPS) is 11.2. The van der Waals surface area contributed by atoms with Crippen molar-refractivity contribution < 1.29 is 14.3 Å². The number of amides is 3. The Balaban J connectivity index is 1.93. The Morgan fingerprint density at radius 3 is 2.55 bits per heavy atom. The number of fused-ring (bicyclic) bond motifs is 1. The van der Waals surface area contributed by atoms with Gasteiger partial charge in [0.1, 0.15) is 11.4 Å². The van der Waals surface area contributed by atoms with E-state index in [4.69, 9.17) is 10.5 Å². The topological polar surface area (TPSA) is 118 Å². The Morgan fingerprint density at radius 2 is 1.85 bits per heavy atom. The number of hydrogen-bond donors (Lipinski definition) is 4. The summed E-state index contributed by atoms with van der Waals surface area (Å²) in [4.78, 5) is 28.3. The summed E-state index contributed by atoms with van der Waals surface area (Å²) in [7, 11) is 0. The van der Waals surface area contributed by atoms with Gasteiger partial charge in [-0.25, -0.2) is 14.6 Å². The lowest BCUT2D eigenvalue weighted by Gasteiger charge is -2.19. The first kappa shape index (κ1) is 24.0. The van der Waals surface area contributed by atoms with Crippen LogP contribution in [0.25, 0.3) is 21.9 Å². The molecule has 3 aromatic rings. The molecule has 0 aliphatic carbocycles. The van der Waals surface area contributed by atoms with Gasteiger partial charge in [0, 0.05) is 31.2 Å². The summed E-state index contributed by atoms with van der Waals surface area (Å²) in [5.41, 5.74) is 9.24. The largest absolute Gasteiger partial charge is 0.444 e. The standard InChI is InChI=1S/C25H31N5O3/c1-5-27-23(31)30-22-12-20-19(10-9-18(13-26)21(20)15-28-22)17-8-6-7-16(11-17)14-29-24(32)33-25(2,3)4/h6-12,15H,5,13-14,26H2,1-4H3,(H,29,32)(H2,27,28,30,31). The molecule has 3 rings (SSSR count). The van der Waals surface area contributed by atoms with Crippen LogP contribution in [-0.4, -0.2) is 29.3 Å². The van der Waals surface area contributed by atoms with Gasteiger partial charge in [-0.3, -0.25) is 5.32 Å². The number of nitrogens with one attached hydrogen (secondary N) is 3. The molecule has 33 heavy (non-hydrogen) atoms. The highest BCUT2D eigenvalue weighted by molar-refractivity contribution is 6.00. The van der Waals surface area contributed by atoms with Crippen LogP contribution in [0.3, 0.4) is 0 Å². The van der Waals surface area contributed by atoms with E-state index in [1.54, 1.807) is 6.20 Å². The van der Waals surface area contributed by atoms with E-state index in [1.807, 2.05) is 70.2 Å². The van der Waals surface area contributed by atoms with Crippen LogP contribution in [0.2, 0.25) is 0 Å². The van der Waals surface area contributed by atoms with E-state index in [-0.39, 0.29) is 6.03 Å². The number of carbonyl (C=O) groups is 2. The van der Waals surface area contributed by atoms with Crippen molar-refractivity contribution in [3.63, 3.8) is 0 Å². The number of alkyl carbamates (subject to hydrolysis) is 1. The zero-order chi connectivity index (χ0) is 24.0. The predicted octanol–water partition coefficient (Wildman–Crippen LogP) is 4.53. The number of nitrogens with two attached hydrogens (primary N) is 1. The highest BCUT2D eigenvalue weighted by atomic mass is 16.6. The minimum Gasteiger partial charge on any atom is -0.444 e. The average molecular weight is 450 g/mol. The van der Waals surface area contributed by atoms with Crippen molar-refractivity contribution in [2.45, 2.75) is 46.4 Å². The van der Waals surface area contributed by atoms with Gasteiger partial charge in [-0.05, 0) is 67.5 Å². The fourth-order valence-electron chi connectivity index (χ4n) is 3.45. The van der Waals surface area contributed by atoms with Gasteiger partial charge in [0.15, 0.2) is 0 Å². The second-order valence-electron chi connectivity index (χ2n) is 8.63. The van der Waals surface area contributed by atoms with Crippen LogP contribution in [0.5, 0.6) is 0 Å². The van der Waals surface area contributed by atoms with Crippen LogP contribution in [0, 0.1) is 0 Å². The van der Waals surface area contributed by atoms with Crippen molar-refractivity contribution in [3.8, 4) is 11.1 Å². The number of rotatable bonds is 6. The van der Waals surface area contributed by atoms with Crippen molar-refractivity contribution in [2.24, 2.45) is 5.73 Å². The van der Waals surface area contributed by atoms with Gasteiger partial charge in [0.25, 0.3) is 0 Å². The molecule has 5 N–H and O–H groups in total. The number of anilines is 1. The monoisotopic (exact) mass is 449 g/mol. The van der Waals surface area contributed by atoms with E-state index < -0.39 is 11.7 Å². The minimum absolute atomic E-state index is 0.309. The van der Waals surface area contributed by atoms with Crippen LogP contribution in [-0.2, 0) is 17.8 Å². The molecule has 0 unspecified atom stereocenters. The van der Waals surface area contributed by atoms with Crippen LogP contribution < -0.4 is 21.7 Å². The van der Waals surface area contributed by atoms with Gasteiger partial charge < -0.3 is 21.1 Å². The number of urea groups is 1. The second kappa shape index (κ2) is 10.3. The summed E-state index contributed by atoms with van der Waals surface area (Å²) in [6.07, 6.45) is 1.27. The zero-order valence-electron chi connectivity index (χ0n) is 19.5. The first-order valence-corrected chi connectivity index (χ1v) is 10.9. The van der Waals surface area contributed by atoms with Crippen LogP contribution in [0.4, 0.5) is 15.4 Å². The maximum atomic E-state index is 12.0. The molecule has 0 saturated carbocycles. The van der Waals surface area contributed by atoms with E-state index in [0.717, 1.165) is 33.0 Å². The average Bonchev–Trinajstić information content (AvgIpc) is 2.76. The second-order valence-corrected chi connectivity index (χ2v) is 8.63. The molecule has 0 spiro atoms. The molecule has 8 heteroatoms. The quantitative estimate of drug-likeness (QED) is 0.441. The summed E-state index contributed by atoms with van der Waals surface area (Å²) in [5.74, 6) is 0.451. The number of carbonyl (C=O) groups excluding carboxylic acids is 2. The molecule has 0 saturated heterocycles. The fourth-order valence-corrected chi connectivity index (χ4v) is 3.45. The summed E-state index contributed by atoms with van der Waals surface area (Å²) < 4.78 is 5.31. The number of benzene rings is 2. The lowest BCUT2D eigenvalue weighted by Crippen LogP contribution is -2.32. The number of nitrogens with zero attached hydrogens (tertiary/aromatic N) is 1. The zero-order valence-corrected chi connectivity index (χ0v) is 19.5. The van der Waals surface area contributed by atoms with E-state index in [9.17, 15) is 9.59 Å². The third kappa shape index (κ3) is 6.43. The molecule has 0 bridgehead atoms. The third-order valence-corrected chi connectivity index (χ3v) is 4.86. The lowest BCUT2D eigenvalue weighted by molar-refractivity contribution is 0.0523. The van der Waals surface area contributed by atoms with Crippen molar-refractivity contribution in [1.82, 2.24) is 15.6 Å². The SMILES string of the molecule is CCNC(=O)Nc1cc2c(-c3cccc(CNC(=O)OC(C)(C)C)c3)ccc(CN)c2cn1. The van der Waals surface area contributed by atoms with E-state index in [1.165, 1.54) is 0 Å². The summed E-state index contributed by atoms with van der Waals surface area (Å²) >= 11 is 0. The Morgan fingerprint density at radius 1 is 1.06 bits per heavy atom. The Hall–Kier alpha value is -3.65. The first-order valence-electron chi connectivity index (χ1n) is 10.9. The first-order chi connectivity index (χ1) is 15.7. The van der Waals surface area contributed by atoms with Crippen LogP contribution in [0.1, 0.15) is 38.8 Å². The highest BCUT2D eigenvalue weighted by Gasteiger charge is 2.16. The third-order valence-electron chi connectivity index (χ3n) is 4.86. The molecule has 1 aromatic heterocycles. The Labute approximate surface area is 193 Å². The van der Waals surface area contributed by atoms with Gasteiger partial charge in [-0.15, -0.1) is 0 Å². The van der Waals surface area contributed by atoms with E-state index in [0.29, 0.717) is 25.5 Å². The minimum atomic E-state index is -0.552. The molecule has 174 valence electrons. The summed E-state index contributed by atoms with van der Waals surface area (Å²) in [5, 5.41) is 10.1. The molecule has 0 aliphatic rings. The number of hydrogen-bond acceptors (Lipinski definition) is 5. The lowest BCUT2D eigenvalue weighted by atomic mass is 9.95. The van der Waals surface area contributed by atoms with Crippen molar-refractivity contribution in [2.75, 3.05) is 11.9 Å². The molecule has 0 atom stereocenters. The predicted molar refractivity (Wildman–Crippen MR) is 131 cm³/mol. The van der Waals surface area contributed by atoms with Crippen LogP contribution >= 0.6 is 0 Å². The number of aromatic nitrogens is 1. The fraction of sp³-hybridized carbons (Fsp3) is 0.320. The van der Waals surface area contributed by atoms with Gasteiger partial charge in [0.05, 0.1) is 0 Å². The molecule has 0 aliphatic heterocycles. The smallest absolute Gasteiger partial charge is 0.407 e. The maximum Gasteiger partial charge on any atom is 0.407 e. The van der Waals surface area contributed by atoms with Crippen molar-refractivity contribution in [3.05, 3.63) is 59.8 Å². The number of ether oxygens (including phenoxy) is 1. The van der Waals surface area contributed by atoms with Crippen LogP contribution in [0.15, 0.2) is 48.7 Å². The molecule has 0 fully saturated rings. The molecular formula is C25H31N5O3. The van der Waals surface area contributed by atoms with E-state index in [2.05, 4.69) is 20.9 Å². The van der Waals surface area contributed by atoms with Gasteiger partial charge in [-0.2, -0.15) is 0 Å². The van der Waals surface area contributed by atoms with Gasteiger partial charge in [-0.1, -0.05) is 30.3 Å². The summed E-state index contributed by atoms with van der Waals surface area (Å²) in [6.45, 7) is 8.57. The molecule has 2 aromatic carbocycles. The molecular weight excluding hydrogens is 418 g/mol. The molecule has 8 nitrogen and oxygen atoms in total. The van der Waals surface area contributed by atoms with Crippen molar-refractivity contribution >= 4 is 28.7 Å². The summed E-state index contributed by atoms with van der Waals surface area (Å²) in [6, 6.07) is 13.5. The van der Waals surface area contributed by atoms with Crippen molar-refractivity contribution in [1.29, 1.82) is 0 Å². The van der Waals surface area contributed by atoms with E-state index >= 15 is 0 Å². The molecule has 0 radical (unpaired) electrons. The Bertz CT molecular complexity index is 1150. The Kier molecular flexibility index (Phi) is 7.50. The molecule has 3 amide bonds.